The molecule has 2 heterocycles. The number of methoxy groups -OCH3 is 1. The molecule has 29 heavy (non-hydrogen) atoms. The summed E-state index contributed by atoms with van der Waals surface area (Å²) in [4.78, 5) is 29.6. The molecule has 3 aliphatic rings. The summed E-state index contributed by atoms with van der Waals surface area (Å²) in [7, 11) is 1.62. The zero-order chi connectivity index (χ0) is 20.4. The number of ether oxygens (including phenoxy) is 2. The minimum absolute atomic E-state index is 0.0456. The Balaban J connectivity index is 1.30. The fraction of sp³-hybridized carbons (Fsp3) is 0.652. The van der Waals surface area contributed by atoms with E-state index >= 15 is 0 Å². The molecule has 2 aliphatic heterocycles. The van der Waals surface area contributed by atoms with E-state index in [0.717, 1.165) is 50.0 Å². The Labute approximate surface area is 173 Å². The lowest BCUT2D eigenvalue weighted by Crippen LogP contribution is -2.43. The molecule has 0 N–H and O–H groups in total. The first kappa shape index (κ1) is 20.2. The van der Waals surface area contributed by atoms with Crippen LogP contribution in [0, 0.1) is 6.92 Å². The number of likely N-dealkylation sites (tertiary alicyclic amines) is 2. The molecular weight excluding hydrogens is 368 g/mol. The van der Waals surface area contributed by atoms with Crippen molar-refractivity contribution in [3.05, 3.63) is 29.3 Å². The van der Waals surface area contributed by atoms with E-state index in [1.807, 2.05) is 30.0 Å². The van der Waals surface area contributed by atoms with Crippen LogP contribution in [0.3, 0.4) is 0 Å². The average molecular weight is 401 g/mol. The molecule has 2 amide bonds. The maximum absolute atomic E-state index is 13.0. The fourth-order valence-corrected chi connectivity index (χ4v) is 5.04. The molecule has 0 radical (unpaired) electrons. The lowest BCUT2D eigenvalue weighted by atomic mass is 10.0. The third-order valence-corrected chi connectivity index (χ3v) is 6.78. The predicted molar refractivity (Wildman–Crippen MR) is 110 cm³/mol. The van der Waals surface area contributed by atoms with E-state index < -0.39 is 0 Å². The first-order chi connectivity index (χ1) is 14.1. The minimum atomic E-state index is -0.288. The van der Waals surface area contributed by atoms with Crippen LogP contribution in [0.25, 0.3) is 0 Å². The van der Waals surface area contributed by atoms with E-state index in [4.69, 9.17) is 9.47 Å². The second-order valence-electron chi connectivity index (χ2n) is 8.51. The zero-order valence-electron chi connectivity index (χ0n) is 17.6. The summed E-state index contributed by atoms with van der Waals surface area (Å²) >= 11 is 0. The predicted octanol–water partition coefficient (Wildman–Crippen LogP) is 3.17. The van der Waals surface area contributed by atoms with Crippen LogP contribution in [0.5, 0.6) is 5.75 Å². The Morgan fingerprint density at radius 2 is 1.76 bits per heavy atom. The Hall–Kier alpha value is -2.08. The summed E-state index contributed by atoms with van der Waals surface area (Å²) in [5.41, 5.74) is 1.57. The van der Waals surface area contributed by atoms with Crippen LogP contribution in [-0.2, 0) is 9.53 Å². The summed E-state index contributed by atoms with van der Waals surface area (Å²) in [6.45, 7) is 4.07. The topological polar surface area (TPSA) is 59.1 Å². The van der Waals surface area contributed by atoms with Gasteiger partial charge in [0, 0.05) is 43.2 Å². The number of amides is 2. The minimum Gasteiger partial charge on any atom is -0.496 e. The van der Waals surface area contributed by atoms with Crippen molar-refractivity contribution in [3.8, 4) is 5.75 Å². The van der Waals surface area contributed by atoms with Crippen LogP contribution in [0.15, 0.2) is 18.2 Å². The van der Waals surface area contributed by atoms with Gasteiger partial charge in [0.05, 0.1) is 13.2 Å². The molecule has 1 aromatic rings. The zero-order valence-corrected chi connectivity index (χ0v) is 17.6. The van der Waals surface area contributed by atoms with Gasteiger partial charge in [-0.2, -0.15) is 0 Å². The van der Waals surface area contributed by atoms with Gasteiger partial charge >= 0.3 is 0 Å². The fourth-order valence-electron chi connectivity index (χ4n) is 5.04. The van der Waals surface area contributed by atoms with Gasteiger partial charge in [-0.05, 0) is 44.7 Å². The Morgan fingerprint density at radius 3 is 2.45 bits per heavy atom. The summed E-state index contributed by atoms with van der Waals surface area (Å²) < 4.78 is 11.5. The molecule has 1 aromatic carbocycles. The molecular formula is C23H32N2O4. The second kappa shape index (κ2) is 8.74. The van der Waals surface area contributed by atoms with Crippen molar-refractivity contribution >= 4 is 11.8 Å². The number of piperidine rings is 1. The monoisotopic (exact) mass is 400 g/mol. The number of carbonyl (C=O) groups is 2. The standard InChI is InChI=1S/C23H32N2O4/c1-16-19(8-5-9-20(16)28-2)22(26)24-13-10-18(11-14-24)29-21-12-15-25(23(21)27)17-6-3-4-7-17/h5,8-9,17-18,21H,3-4,6-7,10-15H2,1-2H3. The van der Waals surface area contributed by atoms with Crippen molar-refractivity contribution in [2.45, 2.75) is 70.1 Å². The first-order valence-electron chi connectivity index (χ1n) is 11.0. The highest BCUT2D eigenvalue weighted by atomic mass is 16.5. The molecule has 6 nitrogen and oxygen atoms in total. The Bertz CT molecular complexity index is 751. The van der Waals surface area contributed by atoms with Gasteiger partial charge in [-0.3, -0.25) is 9.59 Å². The largest absolute Gasteiger partial charge is 0.496 e. The van der Waals surface area contributed by atoms with Gasteiger partial charge in [0.2, 0.25) is 0 Å². The molecule has 0 bridgehead atoms. The molecule has 0 aromatic heterocycles. The van der Waals surface area contributed by atoms with Gasteiger partial charge in [0.15, 0.2) is 0 Å². The smallest absolute Gasteiger partial charge is 0.254 e. The van der Waals surface area contributed by atoms with Crippen LogP contribution in [0.2, 0.25) is 0 Å². The van der Waals surface area contributed by atoms with Gasteiger partial charge in [0.25, 0.3) is 11.8 Å². The van der Waals surface area contributed by atoms with Crippen LogP contribution >= 0.6 is 0 Å². The van der Waals surface area contributed by atoms with Crippen LogP contribution in [0.4, 0.5) is 0 Å². The number of benzene rings is 1. The first-order valence-corrected chi connectivity index (χ1v) is 11.0. The number of hydrogen-bond acceptors (Lipinski definition) is 4. The van der Waals surface area contributed by atoms with E-state index in [1.54, 1.807) is 7.11 Å². The van der Waals surface area contributed by atoms with Crippen molar-refractivity contribution in [1.82, 2.24) is 9.80 Å². The maximum Gasteiger partial charge on any atom is 0.254 e. The van der Waals surface area contributed by atoms with Crippen molar-refractivity contribution in [3.63, 3.8) is 0 Å². The SMILES string of the molecule is COc1cccc(C(=O)N2CCC(OC3CCN(C4CCCC4)C3=O)CC2)c1C. The van der Waals surface area contributed by atoms with Crippen molar-refractivity contribution < 1.29 is 19.1 Å². The van der Waals surface area contributed by atoms with Crippen LogP contribution in [0.1, 0.15) is 60.9 Å². The third kappa shape index (κ3) is 4.13. The van der Waals surface area contributed by atoms with Gasteiger partial charge in [-0.25, -0.2) is 0 Å². The lowest BCUT2D eigenvalue weighted by Gasteiger charge is -2.33. The number of rotatable bonds is 5. The Kier molecular flexibility index (Phi) is 6.09. The van der Waals surface area contributed by atoms with Gasteiger partial charge < -0.3 is 19.3 Å². The highest BCUT2D eigenvalue weighted by Gasteiger charge is 2.39. The molecule has 1 aliphatic carbocycles. The molecule has 4 rings (SSSR count). The van der Waals surface area contributed by atoms with E-state index in [9.17, 15) is 9.59 Å². The number of nitrogens with zero attached hydrogens (tertiary/aromatic N) is 2. The highest BCUT2D eigenvalue weighted by Crippen LogP contribution is 2.30. The molecule has 6 heteroatoms. The van der Waals surface area contributed by atoms with Crippen LogP contribution in [-0.4, -0.2) is 66.6 Å². The third-order valence-electron chi connectivity index (χ3n) is 6.78. The van der Waals surface area contributed by atoms with Crippen LogP contribution < -0.4 is 4.74 Å². The van der Waals surface area contributed by atoms with Gasteiger partial charge in [-0.15, -0.1) is 0 Å². The van der Waals surface area contributed by atoms with Crippen molar-refractivity contribution in [1.29, 1.82) is 0 Å². The maximum atomic E-state index is 13.0. The quantitative estimate of drug-likeness (QED) is 0.762. The summed E-state index contributed by atoms with van der Waals surface area (Å²) in [6, 6.07) is 6.02. The molecule has 1 saturated carbocycles. The molecule has 1 unspecified atom stereocenters. The Morgan fingerprint density at radius 1 is 1.03 bits per heavy atom. The number of hydrogen-bond donors (Lipinski definition) is 0. The summed E-state index contributed by atoms with van der Waals surface area (Å²) in [6.07, 6.45) is 6.89. The lowest BCUT2D eigenvalue weighted by molar-refractivity contribution is -0.143. The summed E-state index contributed by atoms with van der Waals surface area (Å²) in [5, 5.41) is 0. The van der Waals surface area contributed by atoms with Gasteiger partial charge in [-0.1, -0.05) is 18.9 Å². The van der Waals surface area contributed by atoms with Gasteiger partial charge in [0.1, 0.15) is 11.9 Å². The molecule has 2 saturated heterocycles. The van der Waals surface area contributed by atoms with Crippen molar-refractivity contribution in [2.75, 3.05) is 26.7 Å². The van der Waals surface area contributed by atoms with E-state index in [1.165, 1.54) is 12.8 Å². The second-order valence-corrected chi connectivity index (χ2v) is 8.51. The molecule has 0 spiro atoms. The van der Waals surface area contributed by atoms with E-state index in [-0.39, 0.29) is 24.0 Å². The van der Waals surface area contributed by atoms with Crippen molar-refractivity contribution in [2.24, 2.45) is 0 Å². The number of carbonyl (C=O) groups excluding carboxylic acids is 2. The van der Waals surface area contributed by atoms with E-state index in [2.05, 4.69) is 4.90 Å². The summed E-state index contributed by atoms with van der Waals surface area (Å²) in [5.74, 6) is 0.965. The molecule has 1 atom stereocenters. The molecule has 3 fully saturated rings. The van der Waals surface area contributed by atoms with E-state index in [0.29, 0.717) is 24.7 Å². The molecule has 158 valence electrons. The highest BCUT2D eigenvalue weighted by molar-refractivity contribution is 5.96. The normalized spacial score (nSPS) is 23.8. The average Bonchev–Trinajstić information content (AvgIpc) is 3.39.